The fourth-order valence-corrected chi connectivity index (χ4v) is 4.65. The smallest absolute Gasteiger partial charge is 0.123 e. The summed E-state index contributed by atoms with van der Waals surface area (Å²) in [6, 6.07) is 19.8. The summed E-state index contributed by atoms with van der Waals surface area (Å²) in [7, 11) is 0. The minimum Gasteiger partial charge on any atom is -0.369 e. The van der Waals surface area contributed by atoms with Gasteiger partial charge >= 0.3 is 0 Å². The zero-order valence-corrected chi connectivity index (χ0v) is 17.1. The SMILES string of the molecule is Cc1[nH]c2ccccc2c1[C@@H](c1ccncc1)N1CCN(c2ccc(F)cc2)CC1. The summed E-state index contributed by atoms with van der Waals surface area (Å²) in [5, 5.41) is 1.28. The number of hydrogen-bond acceptors (Lipinski definition) is 3. The first kappa shape index (κ1) is 18.8. The molecule has 0 unspecified atom stereocenters. The second kappa shape index (κ2) is 7.92. The number of piperazine rings is 1. The number of nitrogens with one attached hydrogen (secondary N) is 1. The molecule has 4 aromatic rings. The van der Waals surface area contributed by atoms with Gasteiger partial charge in [-0.15, -0.1) is 0 Å². The molecule has 0 radical (unpaired) electrons. The van der Waals surface area contributed by atoms with E-state index in [0.29, 0.717) is 0 Å². The lowest BCUT2D eigenvalue weighted by atomic mass is 9.94. The Bertz CT molecular complexity index is 1130. The van der Waals surface area contributed by atoms with Crippen LogP contribution in [0.1, 0.15) is 22.9 Å². The van der Waals surface area contributed by atoms with E-state index >= 15 is 0 Å². The molecular formula is C25H25FN4. The van der Waals surface area contributed by atoms with Crippen molar-refractivity contribution in [3.63, 3.8) is 0 Å². The maximum Gasteiger partial charge on any atom is 0.123 e. The number of aryl methyl sites for hydroxylation is 1. The van der Waals surface area contributed by atoms with Gasteiger partial charge in [0, 0.05) is 66.4 Å². The van der Waals surface area contributed by atoms with Gasteiger partial charge in [-0.1, -0.05) is 18.2 Å². The Hall–Kier alpha value is -3.18. The van der Waals surface area contributed by atoms with Crippen LogP contribution in [0.3, 0.4) is 0 Å². The third-order valence-electron chi connectivity index (χ3n) is 6.11. The summed E-state index contributed by atoms with van der Waals surface area (Å²) in [5.74, 6) is -0.190. The third kappa shape index (κ3) is 3.46. The van der Waals surface area contributed by atoms with Crippen molar-refractivity contribution in [1.82, 2.24) is 14.9 Å². The second-order valence-corrected chi connectivity index (χ2v) is 7.89. The number of halogens is 1. The summed E-state index contributed by atoms with van der Waals surface area (Å²) < 4.78 is 13.3. The van der Waals surface area contributed by atoms with Crippen molar-refractivity contribution < 1.29 is 4.39 Å². The number of para-hydroxylation sites is 1. The number of anilines is 1. The highest BCUT2D eigenvalue weighted by Gasteiger charge is 2.29. The number of aromatic amines is 1. The van der Waals surface area contributed by atoms with Gasteiger partial charge in [0.1, 0.15) is 5.82 Å². The molecule has 2 aromatic carbocycles. The highest BCUT2D eigenvalue weighted by atomic mass is 19.1. The Kier molecular flexibility index (Phi) is 4.97. The van der Waals surface area contributed by atoms with E-state index in [1.807, 2.05) is 24.5 Å². The van der Waals surface area contributed by atoms with Gasteiger partial charge < -0.3 is 9.88 Å². The molecule has 0 amide bonds. The average molecular weight is 401 g/mol. The van der Waals surface area contributed by atoms with E-state index in [4.69, 9.17) is 0 Å². The monoisotopic (exact) mass is 400 g/mol. The van der Waals surface area contributed by atoms with E-state index in [9.17, 15) is 4.39 Å². The minimum atomic E-state index is -0.190. The van der Waals surface area contributed by atoms with Crippen molar-refractivity contribution in [3.05, 3.63) is 95.7 Å². The van der Waals surface area contributed by atoms with Crippen LogP contribution >= 0.6 is 0 Å². The second-order valence-electron chi connectivity index (χ2n) is 7.89. The van der Waals surface area contributed by atoms with Gasteiger partial charge in [0.05, 0.1) is 6.04 Å². The Morgan fingerprint density at radius 2 is 1.60 bits per heavy atom. The van der Waals surface area contributed by atoms with E-state index in [-0.39, 0.29) is 11.9 Å². The molecule has 1 atom stereocenters. The molecule has 1 aliphatic rings. The standard InChI is InChI=1S/C25H25FN4/c1-18-24(22-4-2-3-5-23(22)28-18)25(19-10-12-27-13-11-19)30-16-14-29(15-17-30)21-8-6-20(26)7-9-21/h2-13,25,28H,14-17H2,1H3/t25-/m1/s1. The maximum atomic E-state index is 13.3. The van der Waals surface area contributed by atoms with Crippen molar-refractivity contribution >= 4 is 16.6 Å². The molecule has 0 spiro atoms. The Labute approximate surface area is 176 Å². The van der Waals surface area contributed by atoms with Gasteiger partial charge in [-0.2, -0.15) is 0 Å². The molecule has 5 rings (SSSR count). The predicted molar refractivity (Wildman–Crippen MR) is 119 cm³/mol. The first-order valence-electron chi connectivity index (χ1n) is 10.4. The van der Waals surface area contributed by atoms with E-state index in [1.165, 1.54) is 39.9 Å². The first-order valence-corrected chi connectivity index (χ1v) is 10.4. The largest absolute Gasteiger partial charge is 0.369 e. The van der Waals surface area contributed by atoms with Crippen LogP contribution in [-0.2, 0) is 0 Å². The number of aromatic nitrogens is 2. The highest BCUT2D eigenvalue weighted by Crippen LogP contribution is 2.36. The molecule has 2 aromatic heterocycles. The topological polar surface area (TPSA) is 35.2 Å². The van der Waals surface area contributed by atoms with Crippen LogP contribution in [-0.4, -0.2) is 41.0 Å². The van der Waals surface area contributed by atoms with Gasteiger partial charge in [0.25, 0.3) is 0 Å². The lowest BCUT2D eigenvalue weighted by Crippen LogP contribution is -2.48. The predicted octanol–water partition coefficient (Wildman–Crippen LogP) is 4.92. The van der Waals surface area contributed by atoms with E-state index < -0.39 is 0 Å². The van der Waals surface area contributed by atoms with Crippen LogP contribution in [0.15, 0.2) is 73.1 Å². The molecule has 0 saturated carbocycles. The van der Waals surface area contributed by atoms with Crippen LogP contribution in [0, 0.1) is 12.7 Å². The summed E-state index contributed by atoms with van der Waals surface area (Å²) in [6.45, 7) is 5.86. The van der Waals surface area contributed by atoms with Crippen LogP contribution in [0.4, 0.5) is 10.1 Å². The van der Waals surface area contributed by atoms with Crippen molar-refractivity contribution in [2.45, 2.75) is 13.0 Å². The number of benzene rings is 2. The van der Waals surface area contributed by atoms with Crippen molar-refractivity contribution in [2.75, 3.05) is 31.1 Å². The first-order chi connectivity index (χ1) is 14.7. The number of hydrogen-bond donors (Lipinski definition) is 1. The maximum absolute atomic E-state index is 13.3. The lowest BCUT2D eigenvalue weighted by molar-refractivity contribution is 0.213. The quantitative estimate of drug-likeness (QED) is 0.528. The molecule has 1 fully saturated rings. The van der Waals surface area contributed by atoms with E-state index in [2.05, 4.69) is 63.1 Å². The fraction of sp³-hybridized carbons (Fsp3) is 0.240. The van der Waals surface area contributed by atoms with Crippen LogP contribution in [0.5, 0.6) is 0 Å². The van der Waals surface area contributed by atoms with Gasteiger partial charge in [-0.05, 0) is 55.0 Å². The number of pyridine rings is 1. The Morgan fingerprint density at radius 3 is 2.33 bits per heavy atom. The molecule has 152 valence electrons. The third-order valence-corrected chi connectivity index (χ3v) is 6.11. The summed E-state index contributed by atoms with van der Waals surface area (Å²) >= 11 is 0. The van der Waals surface area contributed by atoms with Crippen molar-refractivity contribution in [3.8, 4) is 0 Å². The Morgan fingerprint density at radius 1 is 0.900 bits per heavy atom. The molecule has 5 heteroatoms. The van der Waals surface area contributed by atoms with E-state index in [1.54, 1.807) is 0 Å². The molecule has 1 N–H and O–H groups in total. The number of nitrogens with zero attached hydrogens (tertiary/aromatic N) is 3. The molecular weight excluding hydrogens is 375 g/mol. The molecule has 3 heterocycles. The van der Waals surface area contributed by atoms with Crippen LogP contribution in [0.25, 0.3) is 10.9 Å². The molecule has 1 saturated heterocycles. The van der Waals surface area contributed by atoms with Crippen molar-refractivity contribution in [1.29, 1.82) is 0 Å². The normalized spacial score (nSPS) is 16.1. The Balaban J connectivity index is 1.48. The highest BCUT2D eigenvalue weighted by molar-refractivity contribution is 5.85. The van der Waals surface area contributed by atoms with Crippen LogP contribution in [0.2, 0.25) is 0 Å². The van der Waals surface area contributed by atoms with Gasteiger partial charge in [0.2, 0.25) is 0 Å². The number of rotatable bonds is 4. The molecule has 0 bridgehead atoms. The zero-order chi connectivity index (χ0) is 20.5. The zero-order valence-electron chi connectivity index (χ0n) is 17.1. The average Bonchev–Trinajstić information content (AvgIpc) is 3.12. The molecule has 1 aliphatic heterocycles. The number of fused-ring (bicyclic) bond motifs is 1. The van der Waals surface area contributed by atoms with Gasteiger partial charge in [-0.25, -0.2) is 4.39 Å². The summed E-state index contributed by atoms with van der Waals surface area (Å²) in [5.41, 5.74) is 6.06. The minimum absolute atomic E-state index is 0.166. The van der Waals surface area contributed by atoms with Gasteiger partial charge in [-0.3, -0.25) is 9.88 Å². The molecule has 30 heavy (non-hydrogen) atoms. The molecule has 4 nitrogen and oxygen atoms in total. The molecule has 0 aliphatic carbocycles. The van der Waals surface area contributed by atoms with Crippen LogP contribution < -0.4 is 4.90 Å². The van der Waals surface area contributed by atoms with Crippen molar-refractivity contribution in [2.24, 2.45) is 0 Å². The summed E-state index contributed by atoms with van der Waals surface area (Å²) in [6.07, 6.45) is 3.75. The summed E-state index contributed by atoms with van der Waals surface area (Å²) in [4.78, 5) is 12.7. The number of H-pyrrole nitrogens is 1. The fourth-order valence-electron chi connectivity index (χ4n) is 4.65. The van der Waals surface area contributed by atoms with Gasteiger partial charge in [0.15, 0.2) is 0 Å². The lowest BCUT2D eigenvalue weighted by Gasteiger charge is -2.40. The van der Waals surface area contributed by atoms with E-state index in [0.717, 1.165) is 31.9 Å².